The largest absolute Gasteiger partial charge is 0.493 e. The van der Waals surface area contributed by atoms with E-state index >= 15 is 0 Å². The molecule has 0 saturated heterocycles. The molecule has 0 saturated carbocycles. The molecule has 3 aromatic heterocycles. The van der Waals surface area contributed by atoms with Gasteiger partial charge in [-0.15, -0.1) is 0 Å². The lowest BCUT2D eigenvalue weighted by Crippen LogP contribution is -2.07. The van der Waals surface area contributed by atoms with Gasteiger partial charge in [0.25, 0.3) is 5.56 Å². The SMILES string of the molecule is COc1cc2c(=O)[nH]c3c(nc4c(C)cccn43)c2cc1OC. The van der Waals surface area contributed by atoms with Crippen LogP contribution in [0.15, 0.2) is 35.3 Å². The van der Waals surface area contributed by atoms with Crippen LogP contribution >= 0.6 is 0 Å². The van der Waals surface area contributed by atoms with Gasteiger partial charge in [0.2, 0.25) is 0 Å². The number of aryl methyl sites for hydroxylation is 1. The van der Waals surface area contributed by atoms with Crippen molar-refractivity contribution in [3.63, 3.8) is 0 Å². The van der Waals surface area contributed by atoms with Crippen LogP contribution in [0.3, 0.4) is 0 Å². The summed E-state index contributed by atoms with van der Waals surface area (Å²) in [6.45, 7) is 1.99. The Hall–Kier alpha value is -3.02. The first-order chi connectivity index (χ1) is 11.1. The Bertz CT molecular complexity index is 1120. The Balaban J connectivity index is 2.26. The lowest BCUT2D eigenvalue weighted by atomic mass is 10.1. The number of rotatable bonds is 2. The molecule has 0 amide bonds. The third-order valence-corrected chi connectivity index (χ3v) is 4.10. The normalized spacial score (nSPS) is 11.4. The lowest BCUT2D eigenvalue weighted by Gasteiger charge is -2.09. The molecule has 0 aliphatic heterocycles. The first-order valence-electron chi connectivity index (χ1n) is 7.19. The fourth-order valence-electron chi connectivity index (χ4n) is 2.95. The van der Waals surface area contributed by atoms with Crippen LogP contribution in [0.5, 0.6) is 11.5 Å². The maximum absolute atomic E-state index is 12.5. The summed E-state index contributed by atoms with van der Waals surface area (Å²) in [7, 11) is 3.12. The highest BCUT2D eigenvalue weighted by Crippen LogP contribution is 2.33. The van der Waals surface area contributed by atoms with Crippen molar-refractivity contribution >= 4 is 27.6 Å². The molecule has 116 valence electrons. The third-order valence-electron chi connectivity index (χ3n) is 4.10. The van der Waals surface area contributed by atoms with Crippen molar-refractivity contribution in [3.05, 3.63) is 46.4 Å². The zero-order valence-electron chi connectivity index (χ0n) is 13.0. The van der Waals surface area contributed by atoms with E-state index < -0.39 is 0 Å². The Labute approximate surface area is 131 Å². The number of benzene rings is 1. The summed E-state index contributed by atoms with van der Waals surface area (Å²) in [5.74, 6) is 1.09. The van der Waals surface area contributed by atoms with E-state index in [9.17, 15) is 4.79 Å². The first-order valence-corrected chi connectivity index (χ1v) is 7.19. The molecule has 0 aliphatic rings. The number of aromatic amines is 1. The van der Waals surface area contributed by atoms with Gasteiger partial charge < -0.3 is 14.5 Å². The summed E-state index contributed by atoms with van der Waals surface area (Å²) >= 11 is 0. The van der Waals surface area contributed by atoms with Crippen molar-refractivity contribution in [1.29, 1.82) is 0 Å². The van der Waals surface area contributed by atoms with E-state index in [1.807, 2.05) is 29.7 Å². The maximum Gasteiger partial charge on any atom is 0.257 e. The molecule has 23 heavy (non-hydrogen) atoms. The van der Waals surface area contributed by atoms with E-state index in [1.165, 1.54) is 0 Å². The molecule has 0 atom stereocenters. The Morgan fingerprint density at radius 2 is 1.83 bits per heavy atom. The van der Waals surface area contributed by atoms with Crippen LogP contribution in [-0.4, -0.2) is 28.6 Å². The number of methoxy groups -OCH3 is 2. The monoisotopic (exact) mass is 309 g/mol. The zero-order chi connectivity index (χ0) is 16.1. The van der Waals surface area contributed by atoms with E-state index in [0.717, 1.165) is 22.1 Å². The minimum absolute atomic E-state index is 0.184. The van der Waals surface area contributed by atoms with E-state index in [4.69, 9.17) is 14.5 Å². The number of nitrogens with zero attached hydrogens (tertiary/aromatic N) is 2. The van der Waals surface area contributed by atoms with Crippen molar-refractivity contribution in [2.75, 3.05) is 14.2 Å². The minimum Gasteiger partial charge on any atom is -0.493 e. The second-order valence-corrected chi connectivity index (χ2v) is 5.40. The lowest BCUT2D eigenvalue weighted by molar-refractivity contribution is 0.356. The van der Waals surface area contributed by atoms with E-state index in [0.29, 0.717) is 22.5 Å². The van der Waals surface area contributed by atoms with Gasteiger partial charge in [-0.1, -0.05) is 6.07 Å². The van der Waals surface area contributed by atoms with Gasteiger partial charge in [0.05, 0.1) is 19.6 Å². The summed E-state index contributed by atoms with van der Waals surface area (Å²) in [5, 5.41) is 1.26. The van der Waals surface area contributed by atoms with Gasteiger partial charge in [0.1, 0.15) is 16.8 Å². The molecule has 4 rings (SSSR count). The number of hydrogen-bond acceptors (Lipinski definition) is 4. The number of hydrogen-bond donors (Lipinski definition) is 1. The predicted octanol–water partition coefficient (Wildman–Crippen LogP) is 2.65. The Morgan fingerprint density at radius 1 is 1.13 bits per heavy atom. The molecule has 3 heterocycles. The van der Waals surface area contributed by atoms with Crippen LogP contribution in [0.1, 0.15) is 5.56 Å². The third kappa shape index (κ3) is 1.81. The summed E-state index contributed by atoms with van der Waals surface area (Å²) in [6.07, 6.45) is 1.89. The van der Waals surface area contributed by atoms with Crippen molar-refractivity contribution in [1.82, 2.24) is 14.4 Å². The van der Waals surface area contributed by atoms with E-state index in [-0.39, 0.29) is 5.56 Å². The van der Waals surface area contributed by atoms with Crippen molar-refractivity contribution < 1.29 is 9.47 Å². The summed E-state index contributed by atoms with van der Waals surface area (Å²) < 4.78 is 12.5. The topological polar surface area (TPSA) is 68.6 Å². The molecule has 0 fully saturated rings. The molecule has 4 aromatic rings. The van der Waals surface area contributed by atoms with Gasteiger partial charge in [-0.2, -0.15) is 0 Å². The molecule has 1 aromatic carbocycles. The molecular formula is C17H15N3O3. The molecule has 1 N–H and O–H groups in total. The summed E-state index contributed by atoms with van der Waals surface area (Å²) in [6, 6.07) is 7.41. The molecule has 0 bridgehead atoms. The fraction of sp³-hybridized carbons (Fsp3) is 0.176. The Kier molecular flexibility index (Phi) is 2.81. The van der Waals surface area contributed by atoms with Crippen LogP contribution in [-0.2, 0) is 0 Å². The summed E-state index contributed by atoms with van der Waals surface area (Å²) in [4.78, 5) is 20.1. The van der Waals surface area contributed by atoms with Crippen molar-refractivity contribution in [3.8, 4) is 11.5 Å². The number of fused-ring (bicyclic) bond motifs is 5. The molecule has 6 heteroatoms. The van der Waals surface area contributed by atoms with Crippen molar-refractivity contribution in [2.45, 2.75) is 6.92 Å². The van der Waals surface area contributed by atoms with Crippen LogP contribution in [0.2, 0.25) is 0 Å². The zero-order valence-corrected chi connectivity index (χ0v) is 13.0. The smallest absolute Gasteiger partial charge is 0.257 e. The highest BCUT2D eigenvalue weighted by Gasteiger charge is 2.15. The highest BCUT2D eigenvalue weighted by atomic mass is 16.5. The van der Waals surface area contributed by atoms with Crippen LogP contribution in [0.4, 0.5) is 0 Å². The van der Waals surface area contributed by atoms with Gasteiger partial charge in [-0.25, -0.2) is 4.98 Å². The maximum atomic E-state index is 12.5. The molecular weight excluding hydrogens is 294 g/mol. The molecule has 0 spiro atoms. The molecule has 0 unspecified atom stereocenters. The number of pyridine rings is 2. The number of ether oxygens (including phenoxy) is 2. The van der Waals surface area contributed by atoms with Gasteiger partial charge >= 0.3 is 0 Å². The van der Waals surface area contributed by atoms with Crippen molar-refractivity contribution in [2.24, 2.45) is 0 Å². The second-order valence-electron chi connectivity index (χ2n) is 5.40. The minimum atomic E-state index is -0.184. The molecule has 6 nitrogen and oxygen atoms in total. The molecule has 0 radical (unpaired) electrons. The predicted molar refractivity (Wildman–Crippen MR) is 88.7 cm³/mol. The van der Waals surface area contributed by atoms with Gasteiger partial charge in [0.15, 0.2) is 11.5 Å². The van der Waals surface area contributed by atoms with Gasteiger partial charge in [-0.05, 0) is 30.7 Å². The molecule has 0 aliphatic carbocycles. The fourth-order valence-corrected chi connectivity index (χ4v) is 2.95. The van der Waals surface area contributed by atoms with Crippen LogP contribution in [0.25, 0.3) is 27.6 Å². The van der Waals surface area contributed by atoms with Gasteiger partial charge in [0, 0.05) is 11.6 Å². The average Bonchev–Trinajstić information content (AvgIpc) is 2.94. The van der Waals surface area contributed by atoms with Crippen LogP contribution in [0, 0.1) is 6.92 Å². The second kappa shape index (κ2) is 4.74. The van der Waals surface area contributed by atoms with Gasteiger partial charge in [-0.3, -0.25) is 9.20 Å². The quantitative estimate of drug-likeness (QED) is 0.618. The van der Waals surface area contributed by atoms with Crippen LogP contribution < -0.4 is 15.0 Å². The highest BCUT2D eigenvalue weighted by molar-refractivity contribution is 6.04. The number of nitrogens with one attached hydrogen (secondary N) is 1. The average molecular weight is 309 g/mol. The van der Waals surface area contributed by atoms with E-state index in [1.54, 1.807) is 26.4 Å². The Morgan fingerprint density at radius 3 is 2.52 bits per heavy atom. The summed E-state index contributed by atoms with van der Waals surface area (Å²) in [5.41, 5.74) is 3.08. The first kappa shape index (κ1) is 13.6. The number of imidazole rings is 1. The standard InChI is InChI=1S/C17H15N3O3/c1-9-5-4-6-20-15(9)18-14-10-7-12(22-2)13(23-3)8-11(10)17(21)19-16(14)20/h4-8H,1-3H3,(H,19,21). The van der Waals surface area contributed by atoms with E-state index in [2.05, 4.69) is 4.98 Å². The number of H-pyrrole nitrogens is 1. The number of aromatic nitrogens is 3.